The Bertz CT molecular complexity index is 959. The molecule has 3 aromatic rings. The third kappa shape index (κ3) is 4.31. The van der Waals surface area contributed by atoms with Crippen LogP contribution in [0.5, 0.6) is 5.75 Å². The highest BCUT2D eigenvalue weighted by atomic mass is 32.2. The number of rotatable bonds is 7. The standard InChI is InChI=1S/C19H19N3O3S/c1-2-25-18-11-7-6-10-17(18)21-15-12-13-19(20-14-15)22-26(23,24)16-8-4-3-5-9-16/h3-14,21H,2H2,1H3,(H,20,22). The van der Waals surface area contributed by atoms with Crippen molar-refractivity contribution in [2.75, 3.05) is 16.6 Å². The molecule has 0 fully saturated rings. The van der Waals surface area contributed by atoms with E-state index in [-0.39, 0.29) is 10.7 Å². The Balaban J connectivity index is 1.73. The molecule has 2 aromatic carbocycles. The third-order valence-corrected chi connectivity index (χ3v) is 4.89. The molecule has 0 spiro atoms. The summed E-state index contributed by atoms with van der Waals surface area (Å²) >= 11 is 0. The largest absolute Gasteiger partial charge is 0.492 e. The molecule has 0 aliphatic heterocycles. The molecule has 0 unspecified atom stereocenters. The Hall–Kier alpha value is -3.06. The number of ether oxygens (including phenoxy) is 1. The van der Waals surface area contributed by atoms with Gasteiger partial charge in [-0.05, 0) is 43.3 Å². The topological polar surface area (TPSA) is 80.3 Å². The molecule has 0 amide bonds. The maximum absolute atomic E-state index is 12.3. The second-order valence-corrected chi connectivity index (χ2v) is 7.09. The van der Waals surface area contributed by atoms with E-state index in [4.69, 9.17) is 4.74 Å². The summed E-state index contributed by atoms with van der Waals surface area (Å²) in [5.74, 6) is 0.987. The molecule has 134 valence electrons. The number of hydrogen-bond donors (Lipinski definition) is 2. The molecule has 0 saturated carbocycles. The summed E-state index contributed by atoms with van der Waals surface area (Å²) in [6.07, 6.45) is 1.56. The number of para-hydroxylation sites is 2. The zero-order valence-electron chi connectivity index (χ0n) is 14.2. The monoisotopic (exact) mass is 369 g/mol. The van der Waals surface area contributed by atoms with E-state index in [0.717, 1.165) is 17.1 Å². The minimum absolute atomic E-state index is 0.189. The Kier molecular flexibility index (Phi) is 5.38. The smallest absolute Gasteiger partial charge is 0.263 e. The Morgan fingerprint density at radius 1 is 0.962 bits per heavy atom. The first-order chi connectivity index (χ1) is 12.6. The van der Waals surface area contributed by atoms with Crippen LogP contribution in [-0.4, -0.2) is 20.0 Å². The van der Waals surface area contributed by atoms with Gasteiger partial charge in [-0.25, -0.2) is 13.4 Å². The van der Waals surface area contributed by atoms with Crippen LogP contribution >= 0.6 is 0 Å². The molecular weight excluding hydrogens is 350 g/mol. The molecular formula is C19H19N3O3S. The normalized spacial score (nSPS) is 11.0. The summed E-state index contributed by atoms with van der Waals surface area (Å²) in [5, 5.41) is 3.21. The van der Waals surface area contributed by atoms with Gasteiger partial charge in [-0.2, -0.15) is 0 Å². The molecule has 26 heavy (non-hydrogen) atoms. The highest BCUT2D eigenvalue weighted by Gasteiger charge is 2.14. The summed E-state index contributed by atoms with van der Waals surface area (Å²) in [4.78, 5) is 4.36. The van der Waals surface area contributed by atoms with Gasteiger partial charge in [0.2, 0.25) is 0 Å². The van der Waals surface area contributed by atoms with Gasteiger partial charge in [0.05, 0.1) is 29.1 Å². The van der Waals surface area contributed by atoms with E-state index in [1.54, 1.807) is 36.5 Å². The van der Waals surface area contributed by atoms with Crippen molar-refractivity contribution in [3.63, 3.8) is 0 Å². The zero-order valence-corrected chi connectivity index (χ0v) is 15.0. The number of nitrogens with zero attached hydrogens (tertiary/aromatic N) is 1. The molecule has 0 bridgehead atoms. The van der Waals surface area contributed by atoms with Gasteiger partial charge in [0.25, 0.3) is 10.0 Å². The van der Waals surface area contributed by atoms with Crippen LogP contribution in [0.2, 0.25) is 0 Å². The second-order valence-electron chi connectivity index (χ2n) is 5.40. The maximum Gasteiger partial charge on any atom is 0.263 e. The molecule has 1 aromatic heterocycles. The lowest BCUT2D eigenvalue weighted by Gasteiger charge is -2.12. The molecule has 0 atom stereocenters. The minimum Gasteiger partial charge on any atom is -0.492 e. The first kappa shape index (κ1) is 17.8. The molecule has 7 heteroatoms. The molecule has 0 aliphatic carbocycles. The van der Waals surface area contributed by atoms with Gasteiger partial charge in [0, 0.05) is 0 Å². The van der Waals surface area contributed by atoms with Crippen LogP contribution in [-0.2, 0) is 10.0 Å². The van der Waals surface area contributed by atoms with Crippen LogP contribution in [0.3, 0.4) is 0 Å². The van der Waals surface area contributed by atoms with E-state index in [9.17, 15) is 8.42 Å². The molecule has 0 saturated heterocycles. The minimum atomic E-state index is -3.65. The quantitative estimate of drug-likeness (QED) is 0.657. The van der Waals surface area contributed by atoms with E-state index in [0.29, 0.717) is 6.61 Å². The number of hydrogen-bond acceptors (Lipinski definition) is 5. The summed E-state index contributed by atoms with van der Waals surface area (Å²) in [7, 11) is -3.65. The van der Waals surface area contributed by atoms with E-state index in [1.807, 2.05) is 31.2 Å². The first-order valence-electron chi connectivity index (χ1n) is 8.11. The molecule has 6 nitrogen and oxygen atoms in total. The van der Waals surface area contributed by atoms with Gasteiger partial charge in [0.15, 0.2) is 0 Å². The SMILES string of the molecule is CCOc1ccccc1Nc1ccc(NS(=O)(=O)c2ccccc2)nc1. The highest BCUT2D eigenvalue weighted by Crippen LogP contribution is 2.27. The zero-order chi connectivity index (χ0) is 18.4. The number of anilines is 3. The molecule has 2 N–H and O–H groups in total. The van der Waals surface area contributed by atoms with Crippen molar-refractivity contribution in [1.29, 1.82) is 0 Å². The number of aromatic nitrogens is 1. The fraction of sp³-hybridized carbons (Fsp3) is 0.105. The molecule has 3 rings (SSSR count). The number of benzene rings is 2. The highest BCUT2D eigenvalue weighted by molar-refractivity contribution is 7.92. The van der Waals surface area contributed by atoms with Crippen LogP contribution in [0.1, 0.15) is 6.92 Å². The van der Waals surface area contributed by atoms with Crippen LogP contribution in [0.15, 0.2) is 77.8 Å². The van der Waals surface area contributed by atoms with E-state index in [1.165, 1.54) is 12.1 Å². The van der Waals surface area contributed by atoms with Crippen molar-refractivity contribution >= 4 is 27.2 Å². The van der Waals surface area contributed by atoms with Crippen LogP contribution in [0, 0.1) is 0 Å². The van der Waals surface area contributed by atoms with Crippen molar-refractivity contribution < 1.29 is 13.2 Å². The average molecular weight is 369 g/mol. The Morgan fingerprint density at radius 2 is 1.69 bits per heavy atom. The van der Waals surface area contributed by atoms with Crippen molar-refractivity contribution in [2.45, 2.75) is 11.8 Å². The number of pyridine rings is 1. The van der Waals surface area contributed by atoms with Gasteiger partial charge in [-0.1, -0.05) is 30.3 Å². The fourth-order valence-electron chi connectivity index (χ4n) is 2.33. The number of nitrogens with one attached hydrogen (secondary N) is 2. The van der Waals surface area contributed by atoms with Crippen LogP contribution < -0.4 is 14.8 Å². The molecule has 0 aliphatic rings. The van der Waals surface area contributed by atoms with Gasteiger partial charge in [0.1, 0.15) is 11.6 Å². The summed E-state index contributed by atoms with van der Waals surface area (Å²) in [5.41, 5.74) is 1.54. The van der Waals surface area contributed by atoms with Gasteiger partial charge < -0.3 is 10.1 Å². The number of sulfonamides is 1. The second kappa shape index (κ2) is 7.88. The van der Waals surface area contributed by atoms with E-state index in [2.05, 4.69) is 15.0 Å². The Morgan fingerprint density at radius 3 is 2.38 bits per heavy atom. The lowest BCUT2D eigenvalue weighted by Crippen LogP contribution is -2.13. The average Bonchev–Trinajstić information content (AvgIpc) is 2.66. The van der Waals surface area contributed by atoms with Gasteiger partial charge in [-0.3, -0.25) is 4.72 Å². The van der Waals surface area contributed by atoms with E-state index >= 15 is 0 Å². The van der Waals surface area contributed by atoms with Gasteiger partial charge >= 0.3 is 0 Å². The summed E-state index contributed by atoms with van der Waals surface area (Å²) < 4.78 is 32.7. The lowest BCUT2D eigenvalue weighted by molar-refractivity contribution is 0.342. The fourth-order valence-corrected chi connectivity index (χ4v) is 3.36. The van der Waals surface area contributed by atoms with Crippen molar-refractivity contribution in [3.05, 3.63) is 72.9 Å². The van der Waals surface area contributed by atoms with Crippen molar-refractivity contribution in [3.8, 4) is 5.75 Å². The molecule has 0 radical (unpaired) electrons. The Labute approximate surface area is 152 Å². The molecule has 1 heterocycles. The first-order valence-corrected chi connectivity index (χ1v) is 9.59. The predicted octanol–water partition coefficient (Wildman–Crippen LogP) is 4.02. The lowest BCUT2D eigenvalue weighted by atomic mass is 10.2. The van der Waals surface area contributed by atoms with Crippen LogP contribution in [0.25, 0.3) is 0 Å². The van der Waals surface area contributed by atoms with E-state index < -0.39 is 10.0 Å². The van der Waals surface area contributed by atoms with Gasteiger partial charge in [-0.15, -0.1) is 0 Å². The van der Waals surface area contributed by atoms with Crippen molar-refractivity contribution in [2.24, 2.45) is 0 Å². The van der Waals surface area contributed by atoms with Crippen LogP contribution in [0.4, 0.5) is 17.2 Å². The van der Waals surface area contributed by atoms with Crippen molar-refractivity contribution in [1.82, 2.24) is 4.98 Å². The predicted molar refractivity (Wildman–Crippen MR) is 102 cm³/mol. The maximum atomic E-state index is 12.3. The summed E-state index contributed by atoms with van der Waals surface area (Å²) in [6, 6.07) is 19.1. The third-order valence-electron chi connectivity index (χ3n) is 3.52. The summed E-state index contributed by atoms with van der Waals surface area (Å²) in [6.45, 7) is 2.49.